The third-order valence-electron chi connectivity index (χ3n) is 5.09. The average molecular weight is 474 g/mol. The van der Waals surface area contributed by atoms with Gasteiger partial charge in [0.2, 0.25) is 17.8 Å². The molecule has 1 aliphatic rings. The highest BCUT2D eigenvalue weighted by molar-refractivity contribution is 5.90. The molecule has 1 fully saturated rings. The number of hydrogen-bond donors (Lipinski definition) is 3. The highest BCUT2D eigenvalue weighted by atomic mass is 16.5. The lowest BCUT2D eigenvalue weighted by molar-refractivity contribution is -0.123. The quantitative estimate of drug-likeness (QED) is 0.480. The number of aromatic nitrogens is 3. The normalized spacial score (nSPS) is 14.5. The summed E-state index contributed by atoms with van der Waals surface area (Å²) in [4.78, 5) is 43.6. The molecule has 1 aromatic carbocycles. The highest BCUT2D eigenvalue weighted by Gasteiger charge is 2.25. The molecule has 2 aromatic rings. The van der Waals surface area contributed by atoms with Crippen molar-refractivity contribution in [2.45, 2.75) is 32.9 Å². The molecule has 0 bridgehead atoms. The van der Waals surface area contributed by atoms with Crippen molar-refractivity contribution in [3.8, 4) is 0 Å². The lowest BCUT2D eigenvalue weighted by Crippen LogP contribution is -2.49. The second-order valence-electron chi connectivity index (χ2n) is 8.28. The Morgan fingerprint density at radius 2 is 1.88 bits per heavy atom. The van der Waals surface area contributed by atoms with E-state index in [0.717, 1.165) is 10.2 Å². The fourth-order valence-electron chi connectivity index (χ4n) is 3.36. The number of nitrogen functional groups attached to an aromatic ring is 1. The molecule has 12 nitrogen and oxygen atoms in total. The van der Waals surface area contributed by atoms with Gasteiger partial charge in [-0.25, -0.2) is 4.79 Å². The van der Waals surface area contributed by atoms with Crippen molar-refractivity contribution >= 4 is 29.8 Å². The van der Waals surface area contributed by atoms with Gasteiger partial charge >= 0.3 is 6.09 Å². The first kappa shape index (κ1) is 25.0. The first-order chi connectivity index (χ1) is 16.3. The molecule has 0 radical (unpaired) electrons. The van der Waals surface area contributed by atoms with Gasteiger partial charge in [0.1, 0.15) is 12.6 Å². The van der Waals surface area contributed by atoms with Crippen molar-refractivity contribution in [1.29, 1.82) is 0 Å². The summed E-state index contributed by atoms with van der Waals surface area (Å²) in [6.45, 7) is 5.83. The second kappa shape index (κ2) is 12.0. The fourth-order valence-corrected chi connectivity index (χ4v) is 3.36. The van der Waals surface area contributed by atoms with Crippen molar-refractivity contribution < 1.29 is 23.9 Å². The van der Waals surface area contributed by atoms with Crippen LogP contribution in [0.2, 0.25) is 0 Å². The summed E-state index contributed by atoms with van der Waals surface area (Å²) >= 11 is 0. The van der Waals surface area contributed by atoms with Crippen LogP contribution in [-0.4, -0.2) is 71.6 Å². The zero-order chi connectivity index (χ0) is 24.5. The van der Waals surface area contributed by atoms with E-state index in [-0.39, 0.29) is 25.0 Å². The van der Waals surface area contributed by atoms with E-state index in [2.05, 4.69) is 20.7 Å². The van der Waals surface area contributed by atoms with E-state index in [0.29, 0.717) is 38.7 Å². The standard InChI is InChI=1S/C22H31N7O5/c1-15(2)12-17(25-22(32)34-14-16-6-4-3-5-7-16)19(31)24-13-18(30)29-20(23)26-21(27-29)28-8-10-33-11-9-28/h3-7,15,17H,8-14H2,1-2H3,(H,24,31)(H,25,32)(H2,23,26,27)/t17-/m0/s1. The molecule has 1 atom stereocenters. The van der Waals surface area contributed by atoms with Crippen LogP contribution in [0.1, 0.15) is 30.6 Å². The Hall–Kier alpha value is -3.67. The maximum Gasteiger partial charge on any atom is 0.408 e. The van der Waals surface area contributed by atoms with E-state index in [9.17, 15) is 14.4 Å². The Balaban J connectivity index is 1.54. The number of morpholine rings is 1. The molecule has 12 heteroatoms. The largest absolute Gasteiger partial charge is 0.445 e. The molecular weight excluding hydrogens is 442 g/mol. The van der Waals surface area contributed by atoms with Gasteiger partial charge < -0.3 is 30.7 Å². The molecule has 0 spiro atoms. The van der Waals surface area contributed by atoms with Gasteiger partial charge in [0.25, 0.3) is 5.91 Å². The number of nitrogens with one attached hydrogen (secondary N) is 2. The smallest absolute Gasteiger partial charge is 0.408 e. The van der Waals surface area contributed by atoms with Crippen LogP contribution in [0.4, 0.5) is 16.7 Å². The monoisotopic (exact) mass is 473 g/mol. The van der Waals surface area contributed by atoms with Crippen molar-refractivity contribution in [2.24, 2.45) is 5.92 Å². The topological polar surface area (TPSA) is 154 Å². The predicted octanol–water partition coefficient (Wildman–Crippen LogP) is 0.794. The molecule has 1 saturated heterocycles. The number of nitrogens with zero attached hydrogens (tertiary/aromatic N) is 4. The minimum absolute atomic E-state index is 0.0675. The van der Waals surface area contributed by atoms with E-state index in [1.54, 1.807) is 0 Å². The summed E-state index contributed by atoms with van der Waals surface area (Å²) in [5.74, 6) is -0.676. The summed E-state index contributed by atoms with van der Waals surface area (Å²) in [5, 5.41) is 9.29. The fraction of sp³-hybridized carbons (Fsp3) is 0.500. The molecule has 4 N–H and O–H groups in total. The minimum Gasteiger partial charge on any atom is -0.445 e. The Kier molecular flexibility index (Phi) is 8.79. The summed E-state index contributed by atoms with van der Waals surface area (Å²) in [7, 11) is 0. The second-order valence-corrected chi connectivity index (χ2v) is 8.28. The molecule has 3 rings (SSSR count). The van der Waals surface area contributed by atoms with E-state index < -0.39 is 23.9 Å². The third-order valence-corrected chi connectivity index (χ3v) is 5.09. The van der Waals surface area contributed by atoms with Gasteiger partial charge in [0.05, 0.1) is 19.8 Å². The zero-order valence-corrected chi connectivity index (χ0v) is 19.4. The van der Waals surface area contributed by atoms with Crippen molar-refractivity contribution in [2.75, 3.05) is 43.5 Å². The van der Waals surface area contributed by atoms with E-state index in [1.807, 2.05) is 49.1 Å². The van der Waals surface area contributed by atoms with Crippen LogP contribution >= 0.6 is 0 Å². The molecule has 1 aromatic heterocycles. The molecular formula is C22H31N7O5. The van der Waals surface area contributed by atoms with Crippen LogP contribution in [0.15, 0.2) is 30.3 Å². The number of anilines is 2. The van der Waals surface area contributed by atoms with Gasteiger partial charge in [-0.15, -0.1) is 5.10 Å². The maximum absolute atomic E-state index is 12.7. The summed E-state index contributed by atoms with van der Waals surface area (Å²) in [6, 6.07) is 8.34. The Bertz CT molecular complexity index is 973. The molecule has 0 aliphatic carbocycles. The van der Waals surface area contributed by atoms with Gasteiger partial charge in [0.15, 0.2) is 0 Å². The summed E-state index contributed by atoms with van der Waals surface area (Å²) < 4.78 is 11.5. The van der Waals surface area contributed by atoms with Crippen LogP contribution in [0, 0.1) is 5.92 Å². The summed E-state index contributed by atoms with van der Waals surface area (Å²) in [6.07, 6.45) is -0.348. The molecule has 2 heterocycles. The zero-order valence-electron chi connectivity index (χ0n) is 19.4. The number of nitrogens with two attached hydrogens (primary N) is 1. The van der Waals surface area contributed by atoms with E-state index in [1.165, 1.54) is 0 Å². The number of ether oxygens (including phenoxy) is 2. The van der Waals surface area contributed by atoms with Crippen LogP contribution in [-0.2, 0) is 20.9 Å². The van der Waals surface area contributed by atoms with Gasteiger partial charge in [-0.2, -0.15) is 9.67 Å². The van der Waals surface area contributed by atoms with Gasteiger partial charge in [-0.1, -0.05) is 44.2 Å². The lowest BCUT2D eigenvalue weighted by atomic mass is 10.0. The number of hydrogen-bond acceptors (Lipinski definition) is 9. The van der Waals surface area contributed by atoms with Crippen molar-refractivity contribution in [3.63, 3.8) is 0 Å². The Morgan fingerprint density at radius 3 is 2.56 bits per heavy atom. The SMILES string of the molecule is CC(C)C[C@H](NC(=O)OCc1ccccc1)C(=O)NCC(=O)n1nc(N2CCOCC2)nc1N. The first-order valence-electron chi connectivity index (χ1n) is 11.2. The van der Waals surface area contributed by atoms with Crippen molar-refractivity contribution in [3.05, 3.63) is 35.9 Å². The molecule has 0 unspecified atom stereocenters. The molecule has 184 valence electrons. The predicted molar refractivity (Wildman–Crippen MR) is 124 cm³/mol. The average Bonchev–Trinajstić information content (AvgIpc) is 3.23. The van der Waals surface area contributed by atoms with Gasteiger partial charge in [0, 0.05) is 13.1 Å². The van der Waals surface area contributed by atoms with E-state index in [4.69, 9.17) is 15.2 Å². The lowest BCUT2D eigenvalue weighted by Gasteiger charge is -2.25. The van der Waals surface area contributed by atoms with Gasteiger partial charge in [-0.3, -0.25) is 9.59 Å². The molecule has 34 heavy (non-hydrogen) atoms. The van der Waals surface area contributed by atoms with Crippen LogP contribution in [0.5, 0.6) is 0 Å². The number of alkyl carbamates (subject to hydrolysis) is 1. The number of rotatable bonds is 9. The molecule has 0 saturated carbocycles. The molecule has 2 amide bonds. The minimum atomic E-state index is -0.868. The molecule has 1 aliphatic heterocycles. The number of carbonyl (C=O) groups excluding carboxylic acids is 3. The van der Waals surface area contributed by atoms with E-state index >= 15 is 0 Å². The van der Waals surface area contributed by atoms with Crippen molar-refractivity contribution in [1.82, 2.24) is 25.4 Å². The van der Waals surface area contributed by atoms with Crippen LogP contribution < -0.4 is 21.3 Å². The Labute approximate surface area is 197 Å². The maximum atomic E-state index is 12.7. The number of amides is 2. The highest BCUT2D eigenvalue weighted by Crippen LogP contribution is 2.13. The summed E-state index contributed by atoms with van der Waals surface area (Å²) in [5.41, 5.74) is 6.68. The van der Waals surface area contributed by atoms with Crippen LogP contribution in [0.25, 0.3) is 0 Å². The first-order valence-corrected chi connectivity index (χ1v) is 11.2. The van der Waals surface area contributed by atoms with Crippen LogP contribution in [0.3, 0.4) is 0 Å². The Morgan fingerprint density at radius 1 is 1.18 bits per heavy atom. The van der Waals surface area contributed by atoms with Gasteiger partial charge in [-0.05, 0) is 17.9 Å². The number of carbonyl (C=O) groups is 3. The number of benzene rings is 1. The third kappa shape index (κ3) is 7.17.